The molecule has 0 radical (unpaired) electrons. The van der Waals surface area contributed by atoms with E-state index in [1.54, 1.807) is 24.3 Å². The number of ether oxygens (including phenoxy) is 1. The van der Waals surface area contributed by atoms with Crippen molar-refractivity contribution in [1.29, 1.82) is 0 Å². The highest BCUT2D eigenvalue weighted by Gasteiger charge is 2.10. The van der Waals surface area contributed by atoms with Crippen LogP contribution in [0.4, 0.5) is 0 Å². The van der Waals surface area contributed by atoms with Crippen molar-refractivity contribution < 1.29 is 18.3 Å². The maximum absolute atomic E-state index is 11.5. The van der Waals surface area contributed by atoms with Crippen LogP contribution in [0.3, 0.4) is 0 Å². The van der Waals surface area contributed by atoms with Gasteiger partial charge in [0, 0.05) is 17.9 Å². The molecule has 2 aromatic rings. The summed E-state index contributed by atoms with van der Waals surface area (Å²) in [5, 5.41) is 9.94. The van der Waals surface area contributed by atoms with Gasteiger partial charge in [0.25, 0.3) is 0 Å². The molecule has 0 aliphatic rings. The normalized spacial score (nSPS) is 11.3. The minimum Gasteiger partial charge on any atom is -0.507 e. The van der Waals surface area contributed by atoms with E-state index >= 15 is 0 Å². The molecule has 0 saturated heterocycles. The van der Waals surface area contributed by atoms with Crippen molar-refractivity contribution in [2.24, 2.45) is 0 Å². The molecule has 5 heteroatoms. The van der Waals surface area contributed by atoms with Crippen LogP contribution in [-0.2, 0) is 9.84 Å². The molecule has 4 nitrogen and oxygen atoms in total. The Morgan fingerprint density at radius 1 is 1.11 bits per heavy atom. The molecular formula is C14H14O4S. The Labute approximate surface area is 112 Å². The number of sulfone groups is 1. The van der Waals surface area contributed by atoms with Crippen LogP contribution in [-0.4, -0.2) is 26.9 Å². The van der Waals surface area contributed by atoms with E-state index in [9.17, 15) is 13.5 Å². The number of phenolic OH excluding ortho intramolecular Hbond substituents is 1. The van der Waals surface area contributed by atoms with Gasteiger partial charge in [-0.3, -0.25) is 0 Å². The summed E-state index contributed by atoms with van der Waals surface area (Å²) in [6.45, 7) is 0. The van der Waals surface area contributed by atoms with Crippen LogP contribution in [0.25, 0.3) is 11.1 Å². The molecule has 0 amide bonds. The zero-order chi connectivity index (χ0) is 14.0. The van der Waals surface area contributed by atoms with Crippen LogP contribution in [0.5, 0.6) is 11.5 Å². The third-order valence-electron chi connectivity index (χ3n) is 2.78. The Morgan fingerprint density at radius 2 is 1.84 bits per heavy atom. The SMILES string of the molecule is COc1ccc(-c2cccc(S(C)(=O)=O)c2)c(O)c1. The van der Waals surface area contributed by atoms with Gasteiger partial charge in [0.15, 0.2) is 9.84 Å². The van der Waals surface area contributed by atoms with Gasteiger partial charge in [-0.1, -0.05) is 12.1 Å². The quantitative estimate of drug-likeness (QED) is 0.936. The molecule has 0 spiro atoms. The fourth-order valence-corrected chi connectivity index (χ4v) is 2.44. The van der Waals surface area contributed by atoms with Gasteiger partial charge >= 0.3 is 0 Å². The van der Waals surface area contributed by atoms with E-state index in [1.165, 1.54) is 25.3 Å². The van der Waals surface area contributed by atoms with Crippen molar-refractivity contribution in [1.82, 2.24) is 0 Å². The first kappa shape index (κ1) is 13.4. The number of methoxy groups -OCH3 is 1. The van der Waals surface area contributed by atoms with E-state index < -0.39 is 9.84 Å². The number of rotatable bonds is 3. The third-order valence-corrected chi connectivity index (χ3v) is 3.89. The Balaban J connectivity index is 2.54. The van der Waals surface area contributed by atoms with E-state index in [2.05, 4.69) is 0 Å². The smallest absolute Gasteiger partial charge is 0.175 e. The molecule has 19 heavy (non-hydrogen) atoms. The van der Waals surface area contributed by atoms with Crippen LogP contribution in [0, 0.1) is 0 Å². The first-order chi connectivity index (χ1) is 8.91. The highest BCUT2D eigenvalue weighted by molar-refractivity contribution is 7.90. The van der Waals surface area contributed by atoms with Gasteiger partial charge in [-0.05, 0) is 29.8 Å². The standard InChI is InChI=1S/C14H14O4S/c1-18-11-6-7-13(14(15)9-11)10-4-3-5-12(8-10)19(2,16)17/h3-9,15H,1-2H3. The second-order valence-corrected chi connectivity index (χ2v) is 6.20. The van der Waals surface area contributed by atoms with Gasteiger partial charge in [0.2, 0.25) is 0 Å². The van der Waals surface area contributed by atoms with E-state index in [0.717, 1.165) is 6.26 Å². The fourth-order valence-electron chi connectivity index (χ4n) is 1.78. The average molecular weight is 278 g/mol. The van der Waals surface area contributed by atoms with Gasteiger partial charge in [-0.25, -0.2) is 8.42 Å². The Hall–Kier alpha value is -2.01. The predicted molar refractivity (Wildman–Crippen MR) is 73.2 cm³/mol. The molecular weight excluding hydrogens is 264 g/mol. The van der Waals surface area contributed by atoms with Gasteiger partial charge in [-0.2, -0.15) is 0 Å². The predicted octanol–water partition coefficient (Wildman–Crippen LogP) is 2.47. The summed E-state index contributed by atoms with van der Waals surface area (Å²) in [5.74, 6) is 0.588. The summed E-state index contributed by atoms with van der Waals surface area (Å²) in [6, 6.07) is 11.3. The zero-order valence-corrected chi connectivity index (χ0v) is 11.4. The largest absolute Gasteiger partial charge is 0.507 e. The van der Waals surface area contributed by atoms with Crippen LogP contribution in [0.2, 0.25) is 0 Å². The lowest BCUT2D eigenvalue weighted by molar-refractivity contribution is 0.408. The van der Waals surface area contributed by atoms with Crippen molar-refractivity contribution in [3.05, 3.63) is 42.5 Å². The van der Waals surface area contributed by atoms with Crippen molar-refractivity contribution in [3.63, 3.8) is 0 Å². The molecule has 0 aromatic heterocycles. The van der Waals surface area contributed by atoms with Crippen LogP contribution in [0.15, 0.2) is 47.4 Å². The molecule has 2 aromatic carbocycles. The first-order valence-corrected chi connectivity index (χ1v) is 7.48. The molecule has 0 heterocycles. The lowest BCUT2D eigenvalue weighted by Crippen LogP contribution is -1.96. The van der Waals surface area contributed by atoms with Crippen molar-refractivity contribution >= 4 is 9.84 Å². The molecule has 2 rings (SSSR count). The second kappa shape index (κ2) is 4.93. The van der Waals surface area contributed by atoms with E-state index in [4.69, 9.17) is 4.74 Å². The summed E-state index contributed by atoms with van der Waals surface area (Å²) in [4.78, 5) is 0.222. The Kier molecular flexibility index (Phi) is 3.48. The van der Waals surface area contributed by atoms with E-state index in [1.807, 2.05) is 0 Å². The third kappa shape index (κ3) is 2.88. The molecule has 0 saturated carbocycles. The van der Waals surface area contributed by atoms with Gasteiger partial charge < -0.3 is 9.84 Å². The molecule has 0 unspecified atom stereocenters. The topological polar surface area (TPSA) is 63.6 Å². The van der Waals surface area contributed by atoms with Gasteiger partial charge in [0.1, 0.15) is 11.5 Å². The molecule has 100 valence electrons. The summed E-state index contributed by atoms with van der Waals surface area (Å²) in [7, 11) is -1.75. The average Bonchev–Trinajstić information content (AvgIpc) is 2.37. The number of aromatic hydroxyl groups is 1. The molecule has 1 N–H and O–H groups in total. The summed E-state index contributed by atoms with van der Waals surface area (Å²) < 4.78 is 28.0. The highest BCUT2D eigenvalue weighted by Crippen LogP contribution is 2.33. The second-order valence-electron chi connectivity index (χ2n) is 4.18. The fraction of sp³-hybridized carbons (Fsp3) is 0.143. The Morgan fingerprint density at radius 3 is 2.42 bits per heavy atom. The molecule has 0 fully saturated rings. The monoisotopic (exact) mass is 278 g/mol. The number of hydrogen-bond donors (Lipinski definition) is 1. The lowest BCUT2D eigenvalue weighted by atomic mass is 10.0. The molecule has 0 atom stereocenters. The minimum absolute atomic E-state index is 0.0463. The van der Waals surface area contributed by atoms with Gasteiger partial charge in [-0.15, -0.1) is 0 Å². The van der Waals surface area contributed by atoms with Crippen LogP contribution < -0.4 is 4.74 Å². The van der Waals surface area contributed by atoms with Crippen LogP contribution >= 0.6 is 0 Å². The lowest BCUT2D eigenvalue weighted by Gasteiger charge is -2.08. The number of hydrogen-bond acceptors (Lipinski definition) is 4. The number of phenols is 1. The number of benzene rings is 2. The summed E-state index contributed by atoms with van der Waals surface area (Å²) >= 11 is 0. The maximum atomic E-state index is 11.5. The van der Waals surface area contributed by atoms with E-state index in [-0.39, 0.29) is 10.6 Å². The maximum Gasteiger partial charge on any atom is 0.175 e. The van der Waals surface area contributed by atoms with Crippen molar-refractivity contribution in [2.45, 2.75) is 4.90 Å². The zero-order valence-electron chi connectivity index (χ0n) is 10.6. The summed E-state index contributed by atoms with van der Waals surface area (Å²) in [6.07, 6.45) is 1.15. The highest BCUT2D eigenvalue weighted by atomic mass is 32.2. The van der Waals surface area contributed by atoms with Gasteiger partial charge in [0.05, 0.1) is 12.0 Å². The van der Waals surface area contributed by atoms with Crippen molar-refractivity contribution in [2.75, 3.05) is 13.4 Å². The van der Waals surface area contributed by atoms with E-state index in [0.29, 0.717) is 16.9 Å². The summed E-state index contributed by atoms with van der Waals surface area (Å²) in [5.41, 5.74) is 1.20. The molecule has 0 bridgehead atoms. The Bertz CT molecular complexity index is 705. The van der Waals surface area contributed by atoms with Crippen LogP contribution in [0.1, 0.15) is 0 Å². The van der Waals surface area contributed by atoms with Crippen molar-refractivity contribution in [3.8, 4) is 22.6 Å². The minimum atomic E-state index is -3.27. The molecule has 0 aliphatic heterocycles. The molecule has 0 aliphatic carbocycles. The first-order valence-electron chi connectivity index (χ1n) is 5.59.